The normalized spacial score (nSPS) is 20.6. The molecule has 0 unspecified atom stereocenters. The van der Waals surface area contributed by atoms with Gasteiger partial charge in [0.1, 0.15) is 5.82 Å². The Labute approximate surface area is 122 Å². The number of hydrogen-bond donors (Lipinski definition) is 1. The molecule has 106 valence electrons. The number of halogens is 1. The Hall–Kier alpha value is -1.23. The SMILES string of the molecule is C[C@H]1c2ccsc2CCN1C[C@@H](O)c1ccccc1F. The predicted octanol–water partition coefficient (Wildman–Crippen LogP) is 3.54. The molecule has 0 saturated heterocycles. The fourth-order valence-electron chi connectivity index (χ4n) is 2.88. The van der Waals surface area contributed by atoms with E-state index in [9.17, 15) is 9.50 Å². The quantitative estimate of drug-likeness (QED) is 0.935. The second-order valence-corrected chi connectivity index (χ2v) is 6.26. The minimum atomic E-state index is -0.779. The second-order valence-electron chi connectivity index (χ2n) is 5.26. The molecule has 0 bridgehead atoms. The van der Waals surface area contributed by atoms with Crippen molar-refractivity contribution in [2.24, 2.45) is 0 Å². The summed E-state index contributed by atoms with van der Waals surface area (Å²) in [6, 6.07) is 8.91. The number of benzene rings is 1. The van der Waals surface area contributed by atoms with E-state index in [0.29, 0.717) is 12.1 Å². The maximum Gasteiger partial charge on any atom is 0.129 e. The number of fused-ring (bicyclic) bond motifs is 1. The summed E-state index contributed by atoms with van der Waals surface area (Å²) in [4.78, 5) is 3.67. The van der Waals surface area contributed by atoms with Gasteiger partial charge in [-0.15, -0.1) is 11.3 Å². The topological polar surface area (TPSA) is 23.5 Å². The minimum absolute atomic E-state index is 0.284. The molecule has 2 atom stereocenters. The van der Waals surface area contributed by atoms with E-state index in [2.05, 4.69) is 23.3 Å². The fraction of sp³-hybridized carbons (Fsp3) is 0.375. The molecule has 1 aliphatic rings. The molecule has 1 aliphatic heterocycles. The van der Waals surface area contributed by atoms with Gasteiger partial charge in [-0.05, 0) is 36.4 Å². The molecule has 20 heavy (non-hydrogen) atoms. The Morgan fingerprint density at radius 3 is 3.00 bits per heavy atom. The molecule has 0 spiro atoms. The Kier molecular flexibility index (Phi) is 3.87. The van der Waals surface area contributed by atoms with Crippen LogP contribution in [0, 0.1) is 5.82 Å². The van der Waals surface area contributed by atoms with Crippen LogP contribution in [0.5, 0.6) is 0 Å². The third-order valence-corrected chi connectivity index (χ3v) is 5.07. The van der Waals surface area contributed by atoms with E-state index in [1.807, 2.05) is 0 Å². The van der Waals surface area contributed by atoms with Crippen molar-refractivity contribution in [2.45, 2.75) is 25.5 Å². The number of thiophene rings is 1. The number of nitrogens with zero attached hydrogens (tertiary/aromatic N) is 1. The highest BCUT2D eigenvalue weighted by Crippen LogP contribution is 2.34. The smallest absolute Gasteiger partial charge is 0.129 e. The van der Waals surface area contributed by atoms with E-state index in [0.717, 1.165) is 13.0 Å². The summed E-state index contributed by atoms with van der Waals surface area (Å²) in [5, 5.41) is 12.4. The van der Waals surface area contributed by atoms with Crippen LogP contribution >= 0.6 is 11.3 Å². The van der Waals surface area contributed by atoms with Gasteiger partial charge in [0.15, 0.2) is 0 Å². The molecule has 2 heterocycles. The van der Waals surface area contributed by atoms with Crippen LogP contribution in [0.2, 0.25) is 0 Å². The van der Waals surface area contributed by atoms with Crippen molar-refractivity contribution in [2.75, 3.05) is 13.1 Å². The van der Waals surface area contributed by atoms with Gasteiger partial charge in [-0.2, -0.15) is 0 Å². The van der Waals surface area contributed by atoms with Crippen molar-refractivity contribution >= 4 is 11.3 Å². The van der Waals surface area contributed by atoms with E-state index in [4.69, 9.17) is 0 Å². The molecule has 1 N–H and O–H groups in total. The lowest BCUT2D eigenvalue weighted by Crippen LogP contribution is -2.36. The number of aliphatic hydroxyl groups excluding tert-OH is 1. The van der Waals surface area contributed by atoms with Gasteiger partial charge in [-0.25, -0.2) is 4.39 Å². The Morgan fingerprint density at radius 1 is 1.40 bits per heavy atom. The van der Waals surface area contributed by atoms with Gasteiger partial charge in [-0.3, -0.25) is 4.90 Å². The van der Waals surface area contributed by atoms with Crippen molar-refractivity contribution in [1.82, 2.24) is 4.90 Å². The van der Waals surface area contributed by atoms with Crippen LogP contribution in [-0.4, -0.2) is 23.1 Å². The standard InChI is InChI=1S/C16H18FNOS/c1-11-12-7-9-20-16(12)6-8-18(11)10-15(19)13-4-2-3-5-14(13)17/h2-5,7,9,11,15,19H,6,8,10H2,1H3/t11-,15+/m0/s1. The number of hydrogen-bond acceptors (Lipinski definition) is 3. The molecular formula is C16H18FNOS. The lowest BCUT2D eigenvalue weighted by Gasteiger charge is -2.35. The predicted molar refractivity (Wildman–Crippen MR) is 79.4 cm³/mol. The van der Waals surface area contributed by atoms with Crippen LogP contribution in [0.4, 0.5) is 4.39 Å². The average molecular weight is 291 g/mol. The summed E-state index contributed by atoms with van der Waals surface area (Å²) in [5.41, 5.74) is 1.73. The van der Waals surface area contributed by atoms with E-state index >= 15 is 0 Å². The summed E-state index contributed by atoms with van der Waals surface area (Å²) in [6.07, 6.45) is 0.236. The molecule has 0 radical (unpaired) electrons. The number of β-amino-alcohol motifs (C(OH)–C–C–N with tert-alkyl or cyclic N) is 1. The van der Waals surface area contributed by atoms with Gasteiger partial charge in [0.2, 0.25) is 0 Å². The van der Waals surface area contributed by atoms with Gasteiger partial charge >= 0.3 is 0 Å². The molecular weight excluding hydrogens is 273 g/mol. The third kappa shape index (κ3) is 2.51. The summed E-state index contributed by atoms with van der Waals surface area (Å²) in [7, 11) is 0. The molecule has 2 nitrogen and oxygen atoms in total. The first kappa shape index (κ1) is 13.7. The summed E-state index contributed by atoms with van der Waals surface area (Å²) in [6.45, 7) is 3.54. The Balaban J connectivity index is 1.74. The fourth-order valence-corrected chi connectivity index (χ4v) is 3.84. The van der Waals surface area contributed by atoms with Gasteiger partial charge < -0.3 is 5.11 Å². The van der Waals surface area contributed by atoms with Gasteiger partial charge in [0.25, 0.3) is 0 Å². The van der Waals surface area contributed by atoms with Crippen LogP contribution in [-0.2, 0) is 6.42 Å². The Bertz CT molecular complexity index is 598. The lowest BCUT2D eigenvalue weighted by molar-refractivity contribution is 0.0848. The van der Waals surface area contributed by atoms with Crippen LogP contribution in [0.25, 0.3) is 0 Å². The highest BCUT2D eigenvalue weighted by atomic mass is 32.1. The molecule has 3 rings (SSSR count). The zero-order valence-electron chi connectivity index (χ0n) is 11.4. The molecule has 1 aromatic carbocycles. The highest BCUT2D eigenvalue weighted by Gasteiger charge is 2.27. The van der Waals surface area contributed by atoms with Gasteiger partial charge in [0.05, 0.1) is 6.10 Å². The van der Waals surface area contributed by atoms with E-state index in [1.165, 1.54) is 16.5 Å². The second kappa shape index (κ2) is 5.64. The number of aliphatic hydroxyl groups is 1. The summed E-state index contributed by atoms with van der Waals surface area (Å²) in [5.74, 6) is -0.333. The summed E-state index contributed by atoms with van der Waals surface area (Å²) < 4.78 is 13.7. The molecule has 2 aromatic rings. The van der Waals surface area contributed by atoms with Crippen LogP contribution in [0.3, 0.4) is 0 Å². The number of rotatable bonds is 3. The van der Waals surface area contributed by atoms with E-state index in [1.54, 1.807) is 29.5 Å². The van der Waals surface area contributed by atoms with Crippen molar-refractivity contribution < 1.29 is 9.50 Å². The first-order valence-electron chi connectivity index (χ1n) is 6.89. The zero-order chi connectivity index (χ0) is 14.1. The molecule has 0 aliphatic carbocycles. The van der Waals surface area contributed by atoms with E-state index in [-0.39, 0.29) is 11.9 Å². The van der Waals surface area contributed by atoms with Gasteiger partial charge in [0, 0.05) is 29.6 Å². The Morgan fingerprint density at radius 2 is 2.20 bits per heavy atom. The highest BCUT2D eigenvalue weighted by molar-refractivity contribution is 7.10. The third-order valence-electron chi connectivity index (χ3n) is 4.08. The van der Waals surface area contributed by atoms with Crippen molar-refractivity contribution in [3.8, 4) is 0 Å². The van der Waals surface area contributed by atoms with Crippen LogP contribution < -0.4 is 0 Å². The first-order chi connectivity index (χ1) is 9.66. The molecule has 0 saturated carbocycles. The molecule has 4 heteroatoms. The average Bonchev–Trinajstić information content (AvgIpc) is 2.91. The van der Waals surface area contributed by atoms with Crippen LogP contribution in [0.1, 0.15) is 35.1 Å². The monoisotopic (exact) mass is 291 g/mol. The largest absolute Gasteiger partial charge is 0.387 e. The zero-order valence-corrected chi connectivity index (χ0v) is 12.2. The maximum absolute atomic E-state index is 13.7. The maximum atomic E-state index is 13.7. The van der Waals surface area contributed by atoms with Gasteiger partial charge in [-0.1, -0.05) is 18.2 Å². The van der Waals surface area contributed by atoms with Crippen molar-refractivity contribution in [1.29, 1.82) is 0 Å². The summed E-state index contributed by atoms with van der Waals surface area (Å²) >= 11 is 1.80. The first-order valence-corrected chi connectivity index (χ1v) is 7.77. The molecule has 1 aromatic heterocycles. The van der Waals surface area contributed by atoms with E-state index < -0.39 is 6.10 Å². The molecule has 0 fully saturated rings. The van der Waals surface area contributed by atoms with Crippen LogP contribution in [0.15, 0.2) is 35.7 Å². The lowest BCUT2D eigenvalue weighted by atomic mass is 10.00. The minimum Gasteiger partial charge on any atom is -0.387 e. The molecule has 0 amide bonds. The van der Waals surface area contributed by atoms with Crippen molar-refractivity contribution in [3.05, 3.63) is 57.5 Å². The van der Waals surface area contributed by atoms with Crippen molar-refractivity contribution in [3.63, 3.8) is 0 Å².